The summed E-state index contributed by atoms with van der Waals surface area (Å²) in [6.45, 7) is 4.46. The fraction of sp³-hybridized carbons (Fsp3) is 0.875. The van der Waals surface area contributed by atoms with Gasteiger partial charge in [-0.15, -0.1) is 0 Å². The van der Waals surface area contributed by atoms with Crippen molar-refractivity contribution in [3.63, 3.8) is 0 Å². The van der Waals surface area contributed by atoms with E-state index in [1.807, 2.05) is 0 Å². The Balaban J connectivity index is 1.56. The van der Waals surface area contributed by atoms with Gasteiger partial charge in [0, 0.05) is 0 Å². The first-order valence-corrected chi connectivity index (χ1v) is 7.88. The zero-order chi connectivity index (χ0) is 12.7. The predicted octanol–water partition coefficient (Wildman–Crippen LogP) is 3.81. The third-order valence-corrected chi connectivity index (χ3v) is 4.33. The van der Waals surface area contributed by atoms with Crippen molar-refractivity contribution in [3.05, 3.63) is 12.2 Å². The third kappa shape index (κ3) is 4.10. The molecule has 104 valence electrons. The number of ether oxygens (including phenoxy) is 1. The molecule has 18 heavy (non-hydrogen) atoms. The van der Waals surface area contributed by atoms with Crippen molar-refractivity contribution in [1.29, 1.82) is 0 Å². The van der Waals surface area contributed by atoms with Gasteiger partial charge in [0.05, 0.1) is 11.7 Å². The highest BCUT2D eigenvalue weighted by molar-refractivity contribution is 4.95. The van der Waals surface area contributed by atoms with Gasteiger partial charge in [-0.25, -0.2) is 0 Å². The molecule has 2 nitrogen and oxygen atoms in total. The van der Waals surface area contributed by atoms with E-state index in [1.54, 1.807) is 0 Å². The van der Waals surface area contributed by atoms with E-state index < -0.39 is 0 Å². The summed E-state index contributed by atoms with van der Waals surface area (Å²) < 4.78 is 6.29. The SMILES string of the molecule is CCCNCC/C=C/CC1CCC2(CCCC2)O1. The van der Waals surface area contributed by atoms with Gasteiger partial charge in [0.15, 0.2) is 0 Å². The van der Waals surface area contributed by atoms with Crippen LogP contribution in [-0.4, -0.2) is 24.8 Å². The van der Waals surface area contributed by atoms with Crippen LogP contribution >= 0.6 is 0 Å². The highest BCUT2D eigenvalue weighted by Gasteiger charge is 2.41. The Morgan fingerprint density at radius 2 is 2.00 bits per heavy atom. The second kappa shape index (κ2) is 7.30. The molecule has 0 aromatic carbocycles. The Labute approximate surface area is 112 Å². The van der Waals surface area contributed by atoms with E-state index in [2.05, 4.69) is 24.4 Å². The molecule has 1 spiro atoms. The molecular weight excluding hydrogens is 222 g/mol. The van der Waals surface area contributed by atoms with Crippen molar-refractivity contribution in [2.75, 3.05) is 13.1 Å². The minimum atomic E-state index is 0.307. The zero-order valence-electron chi connectivity index (χ0n) is 11.9. The number of nitrogens with one attached hydrogen (secondary N) is 1. The molecule has 2 rings (SSSR count). The van der Waals surface area contributed by atoms with Gasteiger partial charge >= 0.3 is 0 Å². The van der Waals surface area contributed by atoms with E-state index in [4.69, 9.17) is 4.74 Å². The molecule has 1 saturated carbocycles. The molecule has 0 amide bonds. The number of rotatable bonds is 7. The number of hydrogen-bond donors (Lipinski definition) is 1. The largest absolute Gasteiger partial charge is 0.371 e. The second-order valence-electron chi connectivity index (χ2n) is 5.91. The maximum Gasteiger partial charge on any atom is 0.0687 e. The quantitative estimate of drug-likeness (QED) is 0.549. The maximum absolute atomic E-state index is 6.29. The summed E-state index contributed by atoms with van der Waals surface area (Å²) in [5, 5.41) is 3.42. The molecule has 1 aliphatic carbocycles. The Hall–Kier alpha value is -0.340. The molecule has 1 heterocycles. The minimum Gasteiger partial charge on any atom is -0.371 e. The van der Waals surface area contributed by atoms with Crippen molar-refractivity contribution < 1.29 is 4.74 Å². The van der Waals surface area contributed by atoms with E-state index in [9.17, 15) is 0 Å². The Morgan fingerprint density at radius 1 is 1.17 bits per heavy atom. The van der Waals surface area contributed by atoms with Crippen LogP contribution in [0.15, 0.2) is 12.2 Å². The first kappa shape index (κ1) is 14.1. The molecule has 1 aliphatic heterocycles. The molecular formula is C16H29NO. The molecule has 0 radical (unpaired) electrons. The highest BCUT2D eigenvalue weighted by atomic mass is 16.5. The first-order valence-electron chi connectivity index (χ1n) is 7.88. The van der Waals surface area contributed by atoms with Crippen LogP contribution in [0.1, 0.15) is 64.7 Å². The third-order valence-electron chi connectivity index (χ3n) is 4.33. The Kier molecular flexibility index (Phi) is 5.71. The van der Waals surface area contributed by atoms with Crippen LogP contribution in [0, 0.1) is 0 Å². The summed E-state index contributed by atoms with van der Waals surface area (Å²) in [4.78, 5) is 0. The molecule has 1 unspecified atom stereocenters. The lowest BCUT2D eigenvalue weighted by molar-refractivity contribution is -0.0345. The summed E-state index contributed by atoms with van der Waals surface area (Å²) in [5.74, 6) is 0. The van der Waals surface area contributed by atoms with Crippen LogP contribution in [-0.2, 0) is 4.74 Å². The Bertz CT molecular complexity index is 256. The van der Waals surface area contributed by atoms with Gasteiger partial charge in [-0.1, -0.05) is 31.9 Å². The lowest BCUT2D eigenvalue weighted by Gasteiger charge is -2.23. The van der Waals surface area contributed by atoms with Gasteiger partial charge in [-0.05, 0) is 58.0 Å². The van der Waals surface area contributed by atoms with Gasteiger partial charge in [0.2, 0.25) is 0 Å². The highest BCUT2D eigenvalue weighted by Crippen LogP contribution is 2.43. The number of hydrogen-bond acceptors (Lipinski definition) is 2. The topological polar surface area (TPSA) is 21.3 Å². The smallest absolute Gasteiger partial charge is 0.0687 e. The van der Waals surface area contributed by atoms with Crippen molar-refractivity contribution in [2.45, 2.75) is 76.4 Å². The van der Waals surface area contributed by atoms with Crippen molar-refractivity contribution >= 4 is 0 Å². The summed E-state index contributed by atoms with van der Waals surface area (Å²) in [5.41, 5.74) is 0.307. The van der Waals surface area contributed by atoms with E-state index in [0.29, 0.717) is 11.7 Å². The molecule has 2 aliphatic rings. The molecule has 0 aromatic heterocycles. The molecule has 1 atom stereocenters. The van der Waals surface area contributed by atoms with E-state index in [0.717, 1.165) is 25.9 Å². The second-order valence-corrected chi connectivity index (χ2v) is 5.91. The van der Waals surface area contributed by atoms with Crippen molar-refractivity contribution in [2.24, 2.45) is 0 Å². The van der Waals surface area contributed by atoms with Crippen LogP contribution in [0.25, 0.3) is 0 Å². The molecule has 0 aromatic rings. The average molecular weight is 251 g/mol. The molecule has 1 N–H and O–H groups in total. The van der Waals surface area contributed by atoms with Crippen LogP contribution in [0.5, 0.6) is 0 Å². The molecule has 0 bridgehead atoms. The average Bonchev–Trinajstić information content (AvgIpc) is 3.00. The van der Waals surface area contributed by atoms with Crippen LogP contribution in [0.2, 0.25) is 0 Å². The molecule has 2 heteroatoms. The summed E-state index contributed by atoms with van der Waals surface area (Å²) >= 11 is 0. The van der Waals surface area contributed by atoms with Crippen LogP contribution in [0.3, 0.4) is 0 Å². The first-order chi connectivity index (χ1) is 8.85. The molecule has 1 saturated heterocycles. The van der Waals surface area contributed by atoms with Crippen molar-refractivity contribution in [1.82, 2.24) is 5.32 Å². The minimum absolute atomic E-state index is 0.307. The fourth-order valence-electron chi connectivity index (χ4n) is 3.30. The van der Waals surface area contributed by atoms with Gasteiger partial charge < -0.3 is 10.1 Å². The Morgan fingerprint density at radius 3 is 2.78 bits per heavy atom. The standard InChI is InChI=1S/C16H29NO/c1-2-13-17-14-7-3-4-8-15-9-12-16(18-15)10-5-6-11-16/h3-4,15,17H,2,5-14H2,1H3/b4-3+. The zero-order valence-corrected chi connectivity index (χ0v) is 11.9. The lowest BCUT2D eigenvalue weighted by atomic mass is 9.98. The monoisotopic (exact) mass is 251 g/mol. The lowest BCUT2D eigenvalue weighted by Crippen LogP contribution is -2.24. The van der Waals surface area contributed by atoms with E-state index in [-0.39, 0.29) is 0 Å². The van der Waals surface area contributed by atoms with E-state index in [1.165, 1.54) is 44.9 Å². The molecule has 2 fully saturated rings. The fourth-order valence-corrected chi connectivity index (χ4v) is 3.30. The van der Waals surface area contributed by atoms with Gasteiger partial charge in [0.25, 0.3) is 0 Å². The normalized spacial score (nSPS) is 26.6. The van der Waals surface area contributed by atoms with Crippen LogP contribution in [0.4, 0.5) is 0 Å². The maximum atomic E-state index is 6.29. The van der Waals surface area contributed by atoms with Gasteiger partial charge in [-0.2, -0.15) is 0 Å². The van der Waals surface area contributed by atoms with Gasteiger partial charge in [-0.3, -0.25) is 0 Å². The van der Waals surface area contributed by atoms with E-state index >= 15 is 0 Å². The predicted molar refractivity (Wildman–Crippen MR) is 76.8 cm³/mol. The summed E-state index contributed by atoms with van der Waals surface area (Å²) in [7, 11) is 0. The van der Waals surface area contributed by atoms with Gasteiger partial charge in [0.1, 0.15) is 0 Å². The summed E-state index contributed by atoms with van der Waals surface area (Å²) in [6, 6.07) is 0. The summed E-state index contributed by atoms with van der Waals surface area (Å²) in [6.07, 6.45) is 16.6. The van der Waals surface area contributed by atoms with Crippen LogP contribution < -0.4 is 5.32 Å². The van der Waals surface area contributed by atoms with Crippen molar-refractivity contribution in [3.8, 4) is 0 Å².